The van der Waals surface area contributed by atoms with Crippen LogP contribution in [-0.2, 0) is 17.8 Å². The second kappa shape index (κ2) is 9.68. The van der Waals surface area contributed by atoms with Crippen LogP contribution in [0.15, 0.2) is 18.6 Å². The third-order valence-electron chi connectivity index (χ3n) is 6.24. The Hall–Kier alpha value is -2.61. The van der Waals surface area contributed by atoms with Gasteiger partial charge in [0.2, 0.25) is 5.91 Å². The van der Waals surface area contributed by atoms with Gasteiger partial charge in [-0.15, -0.1) is 0 Å². The first-order valence-corrected chi connectivity index (χ1v) is 11.4. The van der Waals surface area contributed by atoms with Crippen molar-refractivity contribution in [2.24, 2.45) is 0 Å². The molecule has 0 radical (unpaired) electrons. The molecule has 0 saturated heterocycles. The van der Waals surface area contributed by atoms with E-state index >= 15 is 0 Å². The molecule has 4 rings (SSSR count). The summed E-state index contributed by atoms with van der Waals surface area (Å²) < 4.78 is 0. The van der Waals surface area contributed by atoms with Gasteiger partial charge >= 0.3 is 0 Å². The smallest absolute Gasteiger partial charge is 0.237 e. The molecule has 166 valence electrons. The predicted molar refractivity (Wildman–Crippen MR) is 120 cm³/mol. The monoisotopic (exact) mass is 423 g/mol. The fourth-order valence-electron chi connectivity index (χ4n) is 4.88. The van der Waals surface area contributed by atoms with E-state index in [-0.39, 0.29) is 11.9 Å². The molecule has 3 heterocycles. The number of aryl methyl sites for hydroxylation is 1. The van der Waals surface area contributed by atoms with Crippen LogP contribution in [0.2, 0.25) is 0 Å². The summed E-state index contributed by atoms with van der Waals surface area (Å²) >= 11 is 0. The molecule has 0 atom stereocenters. The van der Waals surface area contributed by atoms with Crippen LogP contribution in [0, 0.1) is 6.92 Å². The number of carbonyl (C=O) groups excluding carboxylic acids is 1. The first kappa shape index (κ1) is 21.6. The largest absolute Gasteiger partial charge is 0.336 e. The Morgan fingerprint density at radius 3 is 2.74 bits per heavy atom. The minimum atomic E-state index is 0.236. The van der Waals surface area contributed by atoms with Gasteiger partial charge in [-0.25, -0.2) is 15.0 Å². The van der Waals surface area contributed by atoms with Gasteiger partial charge in [-0.2, -0.15) is 0 Å². The van der Waals surface area contributed by atoms with Crippen LogP contribution in [-0.4, -0.2) is 60.8 Å². The summed E-state index contributed by atoms with van der Waals surface area (Å²) in [6, 6.07) is 0.630. The van der Waals surface area contributed by atoms with E-state index < -0.39 is 0 Å². The van der Waals surface area contributed by atoms with Crippen LogP contribution in [0.4, 0.5) is 11.6 Å². The van der Waals surface area contributed by atoms with Gasteiger partial charge in [0.25, 0.3) is 0 Å². The van der Waals surface area contributed by atoms with E-state index in [0.29, 0.717) is 30.8 Å². The molecule has 1 fully saturated rings. The molecule has 1 aliphatic heterocycles. The van der Waals surface area contributed by atoms with Crippen molar-refractivity contribution in [2.45, 2.75) is 77.9 Å². The third-order valence-corrected chi connectivity index (χ3v) is 6.24. The highest BCUT2D eigenvalue weighted by Crippen LogP contribution is 2.27. The van der Waals surface area contributed by atoms with E-state index in [0.717, 1.165) is 42.9 Å². The van der Waals surface area contributed by atoms with Crippen LogP contribution in [0.25, 0.3) is 0 Å². The highest BCUT2D eigenvalue weighted by molar-refractivity contribution is 5.79. The molecular formula is C23H33N7O. The predicted octanol–water partition coefficient (Wildman–Crippen LogP) is 3.25. The molecule has 8 heteroatoms. The number of anilines is 2. The molecule has 1 amide bonds. The van der Waals surface area contributed by atoms with Crippen molar-refractivity contribution < 1.29 is 4.79 Å². The third kappa shape index (κ3) is 5.18. The second-order valence-electron chi connectivity index (χ2n) is 8.91. The first-order valence-electron chi connectivity index (χ1n) is 11.4. The van der Waals surface area contributed by atoms with Gasteiger partial charge in [0.05, 0.1) is 18.4 Å². The van der Waals surface area contributed by atoms with Crippen molar-refractivity contribution in [1.29, 1.82) is 0 Å². The van der Waals surface area contributed by atoms with Gasteiger partial charge in [0, 0.05) is 43.1 Å². The normalized spacial score (nSPS) is 17.4. The number of aromatic nitrogens is 4. The zero-order valence-corrected chi connectivity index (χ0v) is 18.8. The molecule has 2 aromatic rings. The van der Waals surface area contributed by atoms with Crippen molar-refractivity contribution in [1.82, 2.24) is 29.7 Å². The Balaban J connectivity index is 1.46. The lowest BCUT2D eigenvalue weighted by atomic mass is 9.93. The molecule has 0 bridgehead atoms. The Morgan fingerprint density at radius 1 is 1.23 bits per heavy atom. The maximum absolute atomic E-state index is 13.3. The average molecular weight is 424 g/mol. The summed E-state index contributed by atoms with van der Waals surface area (Å²) in [5.41, 5.74) is 2.10. The fraction of sp³-hybridized carbons (Fsp3) is 0.609. The van der Waals surface area contributed by atoms with Crippen molar-refractivity contribution >= 4 is 17.5 Å². The van der Waals surface area contributed by atoms with Crippen molar-refractivity contribution in [2.75, 3.05) is 18.4 Å². The zero-order valence-electron chi connectivity index (χ0n) is 18.8. The Bertz CT molecular complexity index is 896. The van der Waals surface area contributed by atoms with Gasteiger partial charge in [0.15, 0.2) is 0 Å². The molecule has 0 unspecified atom stereocenters. The summed E-state index contributed by atoms with van der Waals surface area (Å²) in [6.45, 7) is 8.10. The topological polar surface area (TPSA) is 87.1 Å². The average Bonchev–Trinajstić information content (AvgIpc) is 2.74. The number of fused-ring (bicyclic) bond motifs is 1. The molecule has 0 spiro atoms. The van der Waals surface area contributed by atoms with Crippen LogP contribution in [0.1, 0.15) is 63.0 Å². The van der Waals surface area contributed by atoms with Crippen molar-refractivity contribution in [3.8, 4) is 0 Å². The molecule has 2 aliphatic rings. The molecule has 2 aromatic heterocycles. The SMILES string of the molecule is Cc1nc2c(c(Nc3cnccn3)n1)CCN(CC(=O)N(C(C)C)C1CCCCC1)C2. The van der Waals surface area contributed by atoms with Crippen LogP contribution in [0.5, 0.6) is 0 Å². The molecule has 1 N–H and O–H groups in total. The Morgan fingerprint density at radius 2 is 2.03 bits per heavy atom. The fourth-order valence-corrected chi connectivity index (χ4v) is 4.88. The highest BCUT2D eigenvalue weighted by atomic mass is 16.2. The molecule has 31 heavy (non-hydrogen) atoms. The number of amides is 1. The number of hydrogen-bond donors (Lipinski definition) is 1. The van der Waals surface area contributed by atoms with Crippen LogP contribution < -0.4 is 5.32 Å². The molecule has 1 saturated carbocycles. The number of carbonyl (C=O) groups is 1. The van der Waals surface area contributed by atoms with E-state index in [1.807, 2.05) is 6.92 Å². The Kier molecular flexibility index (Phi) is 6.75. The van der Waals surface area contributed by atoms with Gasteiger partial charge in [-0.3, -0.25) is 14.7 Å². The summed E-state index contributed by atoms with van der Waals surface area (Å²) in [4.78, 5) is 35.3. The molecule has 8 nitrogen and oxygen atoms in total. The lowest BCUT2D eigenvalue weighted by Crippen LogP contribution is -2.50. The molecular weight excluding hydrogens is 390 g/mol. The summed E-state index contributed by atoms with van der Waals surface area (Å²) in [6.07, 6.45) is 11.8. The van der Waals surface area contributed by atoms with Gasteiger partial charge < -0.3 is 10.2 Å². The summed E-state index contributed by atoms with van der Waals surface area (Å²) in [5.74, 6) is 2.42. The standard InChI is InChI=1S/C23H33N7O/c1-16(2)30(18-7-5-4-6-8-18)22(31)15-29-12-9-19-20(14-29)26-17(3)27-23(19)28-21-13-24-10-11-25-21/h10-11,13,16,18H,4-9,12,14-15H2,1-3H3,(H,25,26,27,28). The van der Waals surface area contributed by atoms with E-state index in [4.69, 9.17) is 0 Å². The second-order valence-corrected chi connectivity index (χ2v) is 8.91. The van der Waals surface area contributed by atoms with E-state index in [9.17, 15) is 4.79 Å². The van der Waals surface area contributed by atoms with Gasteiger partial charge in [-0.05, 0) is 40.0 Å². The first-order chi connectivity index (χ1) is 15.0. The number of nitrogens with one attached hydrogen (secondary N) is 1. The minimum Gasteiger partial charge on any atom is -0.336 e. The maximum atomic E-state index is 13.3. The zero-order chi connectivity index (χ0) is 21.8. The van der Waals surface area contributed by atoms with E-state index in [1.165, 1.54) is 19.3 Å². The van der Waals surface area contributed by atoms with Gasteiger partial charge in [-0.1, -0.05) is 19.3 Å². The maximum Gasteiger partial charge on any atom is 0.237 e. The van der Waals surface area contributed by atoms with Crippen LogP contribution >= 0.6 is 0 Å². The van der Waals surface area contributed by atoms with Gasteiger partial charge in [0.1, 0.15) is 17.5 Å². The highest BCUT2D eigenvalue weighted by Gasteiger charge is 2.30. The van der Waals surface area contributed by atoms with Crippen molar-refractivity contribution in [3.63, 3.8) is 0 Å². The van der Waals surface area contributed by atoms with E-state index in [2.05, 4.69) is 48.9 Å². The van der Waals surface area contributed by atoms with E-state index in [1.54, 1.807) is 18.6 Å². The quantitative estimate of drug-likeness (QED) is 0.763. The number of rotatable bonds is 6. The lowest BCUT2D eigenvalue weighted by Gasteiger charge is -2.39. The lowest BCUT2D eigenvalue weighted by molar-refractivity contribution is -0.137. The van der Waals surface area contributed by atoms with Crippen molar-refractivity contribution in [3.05, 3.63) is 35.7 Å². The minimum absolute atomic E-state index is 0.236. The summed E-state index contributed by atoms with van der Waals surface area (Å²) in [7, 11) is 0. The molecule has 1 aliphatic carbocycles. The summed E-state index contributed by atoms with van der Waals surface area (Å²) in [5, 5.41) is 3.29. The van der Waals surface area contributed by atoms with Crippen LogP contribution in [0.3, 0.4) is 0 Å². The Labute approximate surface area is 184 Å². The molecule has 0 aromatic carbocycles. The number of hydrogen-bond acceptors (Lipinski definition) is 7. The number of nitrogens with zero attached hydrogens (tertiary/aromatic N) is 6.